The fourth-order valence-corrected chi connectivity index (χ4v) is 6.55. The van der Waals surface area contributed by atoms with Crippen LogP contribution in [0, 0.1) is 5.92 Å². The molecule has 6 rings (SSSR count). The van der Waals surface area contributed by atoms with Crippen LogP contribution in [0.4, 0.5) is 5.69 Å². The van der Waals surface area contributed by atoms with Crippen molar-refractivity contribution in [3.05, 3.63) is 101 Å². The highest BCUT2D eigenvalue weighted by Gasteiger charge is 2.48. The molecule has 9 heteroatoms. The molecular formula is C30H24N2O6S. The summed E-state index contributed by atoms with van der Waals surface area (Å²) in [6.45, 7) is 1.36. The van der Waals surface area contributed by atoms with Gasteiger partial charge >= 0.3 is 10.1 Å². The number of aliphatic imine (C=N–C) groups is 1. The number of hydrogen-bond acceptors (Lipinski definition) is 7. The normalized spacial score (nSPS) is 20.1. The van der Waals surface area contributed by atoms with E-state index < -0.39 is 22.0 Å². The molecule has 2 aliphatic carbocycles. The third-order valence-corrected chi connectivity index (χ3v) is 8.54. The molecule has 0 saturated heterocycles. The quantitative estimate of drug-likeness (QED) is 0.464. The van der Waals surface area contributed by atoms with Crippen molar-refractivity contribution in [1.29, 1.82) is 0 Å². The molecule has 1 amide bonds. The molecular weight excluding hydrogens is 516 g/mol. The van der Waals surface area contributed by atoms with E-state index in [2.05, 4.69) is 5.32 Å². The predicted molar refractivity (Wildman–Crippen MR) is 144 cm³/mol. The minimum atomic E-state index is -4.13. The largest absolute Gasteiger partial charge is 0.379 e. The highest BCUT2D eigenvalue weighted by molar-refractivity contribution is 7.87. The number of benzene rings is 3. The topological polar surface area (TPSA) is 119 Å². The molecule has 0 fully saturated rings. The summed E-state index contributed by atoms with van der Waals surface area (Å²) >= 11 is 0. The SMILES string of the molecule is CC(=O)Nc1ccc(S(=O)(=O)Oc2ccc([C@H]3C4=C(CCCC4=O)N=C4c5ccccc5C(=O)[C@@H]43)cc2)cc1. The first kappa shape index (κ1) is 24.9. The summed E-state index contributed by atoms with van der Waals surface area (Å²) in [5.41, 5.74) is 4.61. The molecule has 3 aromatic carbocycles. The average molecular weight is 541 g/mol. The minimum absolute atomic E-state index is 0.00146. The van der Waals surface area contributed by atoms with Gasteiger partial charge in [0.15, 0.2) is 11.6 Å². The number of rotatable bonds is 5. The first-order valence-corrected chi connectivity index (χ1v) is 14.0. The standard InChI is InChI=1S/C30H24N2O6S/c1-17(33)31-19-11-15-21(16-12-19)39(36,37)38-20-13-9-18(10-14-20)26-27-24(7-4-8-25(27)34)32-29-22-5-2-3-6-23(22)30(35)28(26)29/h2-3,5-6,9-16,26,28H,4,7-8H2,1H3,(H,31,33)/t26-,28+/m0/s1. The van der Waals surface area contributed by atoms with Crippen molar-refractivity contribution in [3.63, 3.8) is 0 Å². The number of allylic oxidation sites excluding steroid dienone is 2. The highest BCUT2D eigenvalue weighted by Crippen LogP contribution is 2.48. The van der Waals surface area contributed by atoms with E-state index in [9.17, 15) is 22.8 Å². The predicted octanol–water partition coefficient (Wildman–Crippen LogP) is 4.82. The number of anilines is 1. The van der Waals surface area contributed by atoms with Gasteiger partial charge in [0.25, 0.3) is 0 Å². The van der Waals surface area contributed by atoms with Gasteiger partial charge in [-0.2, -0.15) is 8.42 Å². The van der Waals surface area contributed by atoms with Crippen molar-refractivity contribution in [1.82, 2.24) is 0 Å². The van der Waals surface area contributed by atoms with Crippen LogP contribution in [0.1, 0.15) is 53.6 Å². The molecule has 8 nitrogen and oxygen atoms in total. The fraction of sp³-hybridized carbons (Fsp3) is 0.200. The van der Waals surface area contributed by atoms with Gasteiger partial charge in [-0.15, -0.1) is 0 Å². The minimum Gasteiger partial charge on any atom is -0.379 e. The number of carbonyl (C=O) groups excluding carboxylic acids is 3. The van der Waals surface area contributed by atoms with Gasteiger partial charge in [-0.05, 0) is 54.8 Å². The Kier molecular flexibility index (Phi) is 6.03. The smallest absolute Gasteiger partial charge is 0.339 e. The van der Waals surface area contributed by atoms with Gasteiger partial charge in [0.2, 0.25) is 5.91 Å². The van der Waals surface area contributed by atoms with Crippen LogP contribution in [-0.4, -0.2) is 31.6 Å². The van der Waals surface area contributed by atoms with Gasteiger partial charge in [-0.25, -0.2) is 0 Å². The second-order valence-electron chi connectivity index (χ2n) is 9.81. The zero-order chi connectivity index (χ0) is 27.3. The van der Waals surface area contributed by atoms with Crippen molar-refractivity contribution >= 4 is 39.0 Å². The zero-order valence-corrected chi connectivity index (χ0v) is 21.8. The Labute approximate surface area is 225 Å². The van der Waals surface area contributed by atoms with Gasteiger partial charge in [0.1, 0.15) is 10.6 Å². The van der Waals surface area contributed by atoms with Gasteiger partial charge in [0.05, 0.1) is 11.6 Å². The van der Waals surface area contributed by atoms with Crippen molar-refractivity contribution in [2.24, 2.45) is 10.9 Å². The second-order valence-corrected chi connectivity index (χ2v) is 11.4. The van der Waals surface area contributed by atoms with E-state index in [0.29, 0.717) is 35.4 Å². The number of amides is 1. The molecule has 0 spiro atoms. The van der Waals surface area contributed by atoms with Crippen LogP contribution in [0.25, 0.3) is 0 Å². The summed E-state index contributed by atoms with van der Waals surface area (Å²) in [6.07, 6.45) is 1.80. The number of ketones is 2. The van der Waals surface area contributed by atoms with Gasteiger partial charge in [-0.3, -0.25) is 19.4 Å². The van der Waals surface area contributed by atoms with Crippen molar-refractivity contribution < 1.29 is 27.0 Å². The summed E-state index contributed by atoms with van der Waals surface area (Å²) in [6, 6.07) is 19.5. The van der Waals surface area contributed by atoms with Crippen molar-refractivity contribution in [2.75, 3.05) is 5.32 Å². The molecule has 1 N–H and O–H groups in total. The molecule has 1 heterocycles. The summed E-state index contributed by atoms with van der Waals surface area (Å²) in [4.78, 5) is 42.6. The number of nitrogens with one attached hydrogen (secondary N) is 1. The molecule has 3 aromatic rings. The Morgan fingerprint density at radius 3 is 2.28 bits per heavy atom. The van der Waals surface area contributed by atoms with E-state index in [0.717, 1.165) is 23.2 Å². The molecule has 2 atom stereocenters. The summed E-state index contributed by atoms with van der Waals surface area (Å²) < 4.78 is 31.1. The molecule has 0 bridgehead atoms. The lowest BCUT2D eigenvalue weighted by Crippen LogP contribution is -2.33. The van der Waals surface area contributed by atoms with E-state index >= 15 is 0 Å². The molecule has 3 aliphatic rings. The highest BCUT2D eigenvalue weighted by atomic mass is 32.2. The maximum absolute atomic E-state index is 13.5. The Bertz CT molecular complexity index is 1700. The van der Waals surface area contributed by atoms with Crippen LogP contribution in [0.5, 0.6) is 5.75 Å². The van der Waals surface area contributed by atoms with Crippen molar-refractivity contribution in [3.8, 4) is 5.75 Å². The third-order valence-electron chi connectivity index (χ3n) is 7.28. The summed E-state index contributed by atoms with van der Waals surface area (Å²) in [7, 11) is -4.13. The number of fused-ring (bicyclic) bond motifs is 3. The number of hydrogen-bond donors (Lipinski definition) is 1. The zero-order valence-electron chi connectivity index (χ0n) is 21.0. The van der Waals surface area contributed by atoms with Crippen LogP contribution in [-0.2, 0) is 19.7 Å². The van der Waals surface area contributed by atoms with E-state index in [-0.39, 0.29) is 28.1 Å². The Balaban J connectivity index is 1.32. The molecule has 1 aliphatic heterocycles. The Morgan fingerprint density at radius 2 is 1.59 bits per heavy atom. The van der Waals surface area contributed by atoms with E-state index in [4.69, 9.17) is 9.18 Å². The van der Waals surface area contributed by atoms with Crippen LogP contribution in [0.15, 0.2) is 94.0 Å². The third kappa shape index (κ3) is 4.38. The molecule has 0 unspecified atom stereocenters. The van der Waals surface area contributed by atoms with Crippen LogP contribution >= 0.6 is 0 Å². The lowest BCUT2D eigenvalue weighted by atomic mass is 9.71. The van der Waals surface area contributed by atoms with Gasteiger partial charge in [-0.1, -0.05) is 36.4 Å². The Morgan fingerprint density at radius 1 is 0.897 bits per heavy atom. The van der Waals surface area contributed by atoms with E-state index in [1.54, 1.807) is 18.2 Å². The lowest BCUT2D eigenvalue weighted by Gasteiger charge is -2.33. The average Bonchev–Trinajstić information content (AvgIpc) is 3.20. The number of carbonyl (C=O) groups is 3. The van der Waals surface area contributed by atoms with Crippen LogP contribution < -0.4 is 9.50 Å². The molecule has 0 radical (unpaired) electrons. The summed E-state index contributed by atoms with van der Waals surface area (Å²) in [5.74, 6) is -1.35. The van der Waals surface area contributed by atoms with Crippen LogP contribution in [0.3, 0.4) is 0 Å². The van der Waals surface area contributed by atoms with E-state index in [1.807, 2.05) is 18.2 Å². The molecule has 0 aromatic heterocycles. The lowest BCUT2D eigenvalue weighted by molar-refractivity contribution is -0.116. The fourth-order valence-electron chi connectivity index (χ4n) is 5.62. The monoisotopic (exact) mass is 540 g/mol. The number of Topliss-reactive ketones (excluding diaryl/α,β-unsaturated/α-hetero) is 2. The van der Waals surface area contributed by atoms with Gasteiger partial charge in [0, 0.05) is 47.3 Å². The summed E-state index contributed by atoms with van der Waals surface area (Å²) in [5, 5.41) is 2.58. The maximum atomic E-state index is 13.5. The molecule has 0 saturated carbocycles. The maximum Gasteiger partial charge on any atom is 0.339 e. The van der Waals surface area contributed by atoms with Gasteiger partial charge < -0.3 is 9.50 Å². The van der Waals surface area contributed by atoms with Crippen LogP contribution in [0.2, 0.25) is 0 Å². The van der Waals surface area contributed by atoms with Crippen molar-refractivity contribution in [2.45, 2.75) is 37.0 Å². The second kappa shape index (κ2) is 9.43. The van der Waals surface area contributed by atoms with E-state index in [1.165, 1.54) is 43.3 Å². The first-order valence-electron chi connectivity index (χ1n) is 12.6. The molecule has 39 heavy (non-hydrogen) atoms. The Hall–Kier alpha value is -4.37. The molecule has 196 valence electrons. The number of nitrogens with zero attached hydrogens (tertiary/aromatic N) is 1. The first-order chi connectivity index (χ1) is 18.7.